The molecule has 0 amide bonds. The largest absolute Gasteiger partial charge is 0.493 e. The Morgan fingerprint density at radius 3 is 2.17 bits per heavy atom. The number of fused-ring (bicyclic) bond motifs is 1. The van der Waals surface area contributed by atoms with E-state index in [4.69, 9.17) is 14.2 Å². The average molecular weight is 412 g/mol. The third kappa shape index (κ3) is 3.13. The van der Waals surface area contributed by atoms with Gasteiger partial charge in [-0.15, -0.1) is 5.10 Å². The molecule has 0 fully saturated rings. The van der Waals surface area contributed by atoms with Crippen molar-refractivity contribution in [2.24, 2.45) is 0 Å². The van der Waals surface area contributed by atoms with Gasteiger partial charge in [0.25, 0.3) is 0 Å². The van der Waals surface area contributed by atoms with E-state index >= 15 is 0 Å². The number of methoxy groups -OCH3 is 3. The van der Waals surface area contributed by atoms with Crippen molar-refractivity contribution in [2.45, 2.75) is 0 Å². The van der Waals surface area contributed by atoms with E-state index in [2.05, 4.69) is 10.1 Å². The number of hydrogen-bond acceptors (Lipinski definition) is 8. The lowest BCUT2D eigenvalue weighted by molar-refractivity contribution is 0.324. The van der Waals surface area contributed by atoms with Crippen LogP contribution >= 0.6 is 11.3 Å². The van der Waals surface area contributed by atoms with Gasteiger partial charge in [0.2, 0.25) is 10.7 Å². The summed E-state index contributed by atoms with van der Waals surface area (Å²) in [6.07, 6.45) is 0. The molecule has 0 atom stereocenters. The van der Waals surface area contributed by atoms with Crippen LogP contribution in [-0.4, -0.2) is 40.5 Å². The molecule has 0 unspecified atom stereocenters. The highest BCUT2D eigenvalue weighted by molar-refractivity contribution is 7.19. The Morgan fingerprint density at radius 1 is 0.931 bits per heavy atom. The Bertz CT molecular complexity index is 1280. The quantitative estimate of drug-likeness (QED) is 0.494. The molecule has 2 heterocycles. The fourth-order valence-electron chi connectivity index (χ4n) is 2.91. The predicted octanol–water partition coefficient (Wildman–Crippen LogP) is 1.99. The molecule has 0 spiro atoms. The molecule has 0 bridgehead atoms. The number of aromatic nitrogens is 4. The lowest BCUT2D eigenvalue weighted by Crippen LogP contribution is -2.37. The molecule has 2 aromatic heterocycles. The molecule has 10 heteroatoms. The Balaban J connectivity index is 1.93. The Hall–Kier alpha value is -3.66. The molecule has 0 saturated heterocycles. The van der Waals surface area contributed by atoms with E-state index < -0.39 is 11.4 Å². The van der Waals surface area contributed by atoms with Crippen molar-refractivity contribution in [1.82, 2.24) is 19.2 Å². The van der Waals surface area contributed by atoms with Crippen LogP contribution in [0.4, 0.5) is 0 Å². The summed E-state index contributed by atoms with van der Waals surface area (Å²) < 4.78 is 18.2. The second kappa shape index (κ2) is 7.40. The monoisotopic (exact) mass is 412 g/mol. The highest BCUT2D eigenvalue weighted by Gasteiger charge is 2.19. The molecule has 2 aromatic carbocycles. The average Bonchev–Trinajstić information content (AvgIpc) is 3.17. The summed E-state index contributed by atoms with van der Waals surface area (Å²) >= 11 is 1.11. The van der Waals surface area contributed by atoms with Crippen LogP contribution in [0.1, 0.15) is 0 Å². The Labute approximate surface area is 168 Å². The first kappa shape index (κ1) is 18.7. The van der Waals surface area contributed by atoms with Crippen LogP contribution < -0.4 is 25.6 Å². The zero-order valence-electron chi connectivity index (χ0n) is 15.8. The van der Waals surface area contributed by atoms with Crippen molar-refractivity contribution in [3.63, 3.8) is 0 Å². The first-order valence-electron chi connectivity index (χ1n) is 8.46. The number of nitrogens with zero attached hydrogens (tertiary/aromatic N) is 4. The second-order valence-electron chi connectivity index (χ2n) is 5.86. The minimum atomic E-state index is -0.665. The van der Waals surface area contributed by atoms with Gasteiger partial charge in [-0.05, 0) is 24.3 Å². The van der Waals surface area contributed by atoms with Gasteiger partial charge in [0, 0.05) is 5.56 Å². The summed E-state index contributed by atoms with van der Waals surface area (Å²) in [4.78, 5) is 29.6. The van der Waals surface area contributed by atoms with E-state index in [0.29, 0.717) is 33.5 Å². The maximum atomic E-state index is 12.9. The summed E-state index contributed by atoms with van der Waals surface area (Å²) in [5.74, 6) is 1.34. The molecule has 148 valence electrons. The molecule has 0 aliphatic heterocycles. The molecule has 0 radical (unpaired) electrons. The van der Waals surface area contributed by atoms with Crippen LogP contribution in [0, 0.1) is 0 Å². The van der Waals surface area contributed by atoms with E-state index in [9.17, 15) is 9.59 Å². The highest BCUT2D eigenvalue weighted by atomic mass is 32.1. The zero-order valence-corrected chi connectivity index (χ0v) is 16.6. The van der Waals surface area contributed by atoms with Crippen molar-refractivity contribution < 1.29 is 14.2 Å². The van der Waals surface area contributed by atoms with E-state index in [1.807, 2.05) is 0 Å². The van der Waals surface area contributed by atoms with Crippen LogP contribution in [0.3, 0.4) is 0 Å². The van der Waals surface area contributed by atoms with E-state index in [1.165, 1.54) is 21.3 Å². The minimum Gasteiger partial charge on any atom is -0.493 e. The SMILES string of the molecule is COc1cc(-c2nn3c(=O)n(-c4ccccc4)c(=O)nc3s2)cc(OC)c1OC. The normalized spacial score (nSPS) is 10.9. The fraction of sp³-hybridized carbons (Fsp3) is 0.158. The summed E-state index contributed by atoms with van der Waals surface area (Å²) in [6.45, 7) is 0. The summed E-state index contributed by atoms with van der Waals surface area (Å²) in [5.41, 5.74) is -0.206. The van der Waals surface area contributed by atoms with Crippen molar-refractivity contribution in [3.05, 3.63) is 63.4 Å². The van der Waals surface area contributed by atoms with Gasteiger partial charge in [0.1, 0.15) is 5.01 Å². The Morgan fingerprint density at radius 2 is 1.59 bits per heavy atom. The van der Waals surface area contributed by atoms with E-state index in [-0.39, 0.29) is 4.96 Å². The van der Waals surface area contributed by atoms with Crippen LogP contribution in [0.2, 0.25) is 0 Å². The maximum absolute atomic E-state index is 12.9. The number of hydrogen-bond donors (Lipinski definition) is 0. The van der Waals surface area contributed by atoms with Gasteiger partial charge in [-0.3, -0.25) is 0 Å². The van der Waals surface area contributed by atoms with Crippen molar-refractivity contribution >= 4 is 16.3 Å². The summed E-state index contributed by atoms with van der Waals surface area (Å²) in [6, 6.07) is 12.0. The standard InChI is InChI=1S/C19H16N4O5S/c1-26-13-9-11(10-14(27-2)15(13)28-3)16-21-23-18(29-16)20-17(24)22(19(23)25)12-7-5-4-6-8-12/h4-10H,1-3H3. The topological polar surface area (TPSA) is 97.0 Å². The first-order chi connectivity index (χ1) is 14.1. The van der Waals surface area contributed by atoms with Crippen molar-refractivity contribution in [1.29, 1.82) is 0 Å². The fourth-order valence-corrected chi connectivity index (χ4v) is 3.77. The van der Waals surface area contributed by atoms with Gasteiger partial charge in [0.05, 0.1) is 27.0 Å². The van der Waals surface area contributed by atoms with Gasteiger partial charge in [0.15, 0.2) is 11.5 Å². The molecule has 29 heavy (non-hydrogen) atoms. The zero-order chi connectivity index (χ0) is 20.5. The van der Waals surface area contributed by atoms with Gasteiger partial charge < -0.3 is 14.2 Å². The third-order valence-corrected chi connectivity index (χ3v) is 5.20. The van der Waals surface area contributed by atoms with Gasteiger partial charge in [-0.25, -0.2) is 14.2 Å². The van der Waals surface area contributed by atoms with Crippen LogP contribution in [0.25, 0.3) is 21.2 Å². The number of ether oxygens (including phenoxy) is 3. The second-order valence-corrected chi connectivity index (χ2v) is 6.82. The van der Waals surface area contributed by atoms with Crippen LogP contribution in [0.5, 0.6) is 17.2 Å². The first-order valence-corrected chi connectivity index (χ1v) is 9.27. The molecule has 0 N–H and O–H groups in total. The third-order valence-electron chi connectivity index (χ3n) is 4.24. The van der Waals surface area contributed by atoms with Gasteiger partial charge in [-0.1, -0.05) is 29.5 Å². The molecule has 0 aliphatic carbocycles. The minimum absolute atomic E-state index is 0.191. The molecule has 4 rings (SSSR count). The number of benzene rings is 2. The molecular formula is C19H16N4O5S. The molecule has 0 saturated carbocycles. The highest BCUT2D eigenvalue weighted by Crippen LogP contribution is 2.41. The summed E-state index contributed by atoms with van der Waals surface area (Å²) in [5, 5.41) is 4.84. The smallest absolute Gasteiger partial charge is 0.360 e. The van der Waals surface area contributed by atoms with Gasteiger partial charge in [-0.2, -0.15) is 9.50 Å². The lowest BCUT2D eigenvalue weighted by atomic mass is 10.2. The maximum Gasteiger partial charge on any atom is 0.360 e. The van der Waals surface area contributed by atoms with Crippen LogP contribution in [0.15, 0.2) is 52.1 Å². The molecule has 0 aliphatic rings. The van der Waals surface area contributed by atoms with Crippen molar-refractivity contribution in [3.8, 4) is 33.5 Å². The number of rotatable bonds is 5. The lowest BCUT2D eigenvalue weighted by Gasteiger charge is -2.13. The molecule has 4 aromatic rings. The molecule has 9 nitrogen and oxygen atoms in total. The predicted molar refractivity (Wildman–Crippen MR) is 108 cm³/mol. The van der Waals surface area contributed by atoms with E-state index in [0.717, 1.165) is 20.4 Å². The van der Waals surface area contributed by atoms with Crippen LogP contribution in [-0.2, 0) is 0 Å². The van der Waals surface area contributed by atoms with Crippen molar-refractivity contribution in [2.75, 3.05) is 21.3 Å². The molecular weight excluding hydrogens is 396 g/mol. The van der Waals surface area contributed by atoms with E-state index in [1.54, 1.807) is 42.5 Å². The summed E-state index contributed by atoms with van der Waals surface area (Å²) in [7, 11) is 4.54. The number of para-hydroxylation sites is 1. The van der Waals surface area contributed by atoms with Gasteiger partial charge >= 0.3 is 11.4 Å². The Kier molecular flexibility index (Phi) is 4.77.